The van der Waals surface area contributed by atoms with Crippen molar-refractivity contribution in [2.75, 3.05) is 50.7 Å². The summed E-state index contributed by atoms with van der Waals surface area (Å²) in [5.41, 5.74) is 1.79. The van der Waals surface area contributed by atoms with Gasteiger partial charge in [0, 0.05) is 61.9 Å². The molecule has 1 unspecified atom stereocenters. The number of piperazine rings is 1. The van der Waals surface area contributed by atoms with Crippen LogP contribution in [0.4, 0.5) is 36.8 Å². The van der Waals surface area contributed by atoms with Crippen molar-refractivity contribution in [3.8, 4) is 0 Å². The molecule has 1 amide bonds. The average molecular weight is 559 g/mol. The Hall–Kier alpha value is -1.96. The molecule has 0 saturated carbocycles. The summed E-state index contributed by atoms with van der Waals surface area (Å²) in [6, 6.07) is 5.53. The predicted molar refractivity (Wildman–Crippen MR) is 123 cm³/mol. The summed E-state index contributed by atoms with van der Waals surface area (Å²) < 4.78 is 80.1. The van der Waals surface area contributed by atoms with Crippen LogP contribution < -0.4 is 10.2 Å². The number of piperidine rings is 1. The highest BCUT2D eigenvalue weighted by Crippen LogP contribution is 2.42. The number of rotatable bonds is 4. The van der Waals surface area contributed by atoms with Gasteiger partial charge in [0.1, 0.15) is 6.23 Å². The number of amides is 1. The minimum absolute atomic E-state index is 0.0681. The molecule has 3 saturated heterocycles. The first-order chi connectivity index (χ1) is 17.3. The number of carbonyl (C=O) groups is 1. The van der Waals surface area contributed by atoms with Crippen LogP contribution in [0, 0.1) is 5.41 Å². The van der Waals surface area contributed by atoms with Crippen LogP contribution in [0.1, 0.15) is 24.8 Å². The van der Waals surface area contributed by atoms with Gasteiger partial charge in [0.15, 0.2) is 0 Å². The van der Waals surface area contributed by atoms with Crippen molar-refractivity contribution in [1.82, 2.24) is 15.1 Å². The molecule has 14 heteroatoms. The lowest BCUT2D eigenvalue weighted by atomic mass is 9.76. The number of anilines is 1. The van der Waals surface area contributed by atoms with Gasteiger partial charge in [-0.25, -0.2) is 4.79 Å². The summed E-state index contributed by atoms with van der Waals surface area (Å²) >= 11 is 6.27. The average Bonchev–Trinajstić information content (AvgIpc) is 3.17. The van der Waals surface area contributed by atoms with E-state index in [9.17, 15) is 36.2 Å². The maximum absolute atomic E-state index is 12.7. The van der Waals surface area contributed by atoms with Crippen LogP contribution in [0.2, 0.25) is 5.02 Å². The molecule has 3 aliphatic heterocycles. The molecule has 7 nitrogen and oxygen atoms in total. The quantitative estimate of drug-likeness (QED) is 0.545. The second-order valence-corrected chi connectivity index (χ2v) is 10.3. The molecule has 0 bridgehead atoms. The number of nitrogens with zero attached hydrogens (tertiary/aromatic N) is 3. The van der Waals surface area contributed by atoms with E-state index in [0.717, 1.165) is 55.0 Å². The predicted octanol–water partition coefficient (Wildman–Crippen LogP) is 3.99. The smallest absolute Gasteiger partial charge is 0.426 e. The molecule has 1 aromatic rings. The minimum atomic E-state index is -5.75. The van der Waals surface area contributed by atoms with Crippen molar-refractivity contribution in [3.05, 3.63) is 28.8 Å². The Balaban J connectivity index is 1.35. The monoisotopic (exact) mass is 558 g/mol. The van der Waals surface area contributed by atoms with Gasteiger partial charge in [-0.2, -0.15) is 26.3 Å². The molecule has 1 spiro atoms. The molecule has 3 fully saturated rings. The Kier molecular flexibility index (Phi) is 8.08. The van der Waals surface area contributed by atoms with Crippen LogP contribution >= 0.6 is 11.6 Å². The molecule has 1 aromatic carbocycles. The minimum Gasteiger partial charge on any atom is -0.426 e. The number of benzene rings is 1. The maximum atomic E-state index is 12.7. The molecule has 37 heavy (non-hydrogen) atoms. The van der Waals surface area contributed by atoms with Gasteiger partial charge in [0.25, 0.3) is 6.10 Å². The van der Waals surface area contributed by atoms with E-state index in [4.69, 9.17) is 11.6 Å². The fraction of sp³-hybridized carbons (Fsp3) is 0.696. The molecule has 3 aliphatic rings. The van der Waals surface area contributed by atoms with Gasteiger partial charge in [-0.1, -0.05) is 17.7 Å². The topological polar surface area (TPSA) is 68.3 Å². The van der Waals surface area contributed by atoms with Crippen molar-refractivity contribution in [2.45, 2.75) is 50.5 Å². The van der Waals surface area contributed by atoms with E-state index >= 15 is 0 Å². The maximum Gasteiger partial charge on any atom is 0.434 e. The van der Waals surface area contributed by atoms with Crippen molar-refractivity contribution < 1.29 is 41.0 Å². The van der Waals surface area contributed by atoms with Crippen LogP contribution in [-0.2, 0) is 11.3 Å². The first-order valence-corrected chi connectivity index (χ1v) is 12.4. The highest BCUT2D eigenvalue weighted by Gasteiger charge is 2.60. The van der Waals surface area contributed by atoms with E-state index < -0.39 is 30.8 Å². The van der Waals surface area contributed by atoms with Crippen molar-refractivity contribution in [1.29, 1.82) is 0 Å². The molecule has 2 N–H and O–H groups in total. The van der Waals surface area contributed by atoms with Crippen LogP contribution in [0.3, 0.4) is 0 Å². The number of aliphatic hydroxyl groups excluding tert-OH is 1. The fourth-order valence-electron chi connectivity index (χ4n) is 5.32. The third kappa shape index (κ3) is 6.37. The summed E-state index contributed by atoms with van der Waals surface area (Å²) in [6.45, 7) is 3.10. The summed E-state index contributed by atoms with van der Waals surface area (Å²) in [6.07, 6.45) is -15.2. The van der Waals surface area contributed by atoms with Gasteiger partial charge >= 0.3 is 18.4 Å². The Morgan fingerprint density at radius 3 is 2.22 bits per heavy atom. The number of alkyl halides is 6. The number of nitrogens with one attached hydrogen (secondary N) is 1. The van der Waals surface area contributed by atoms with Crippen molar-refractivity contribution in [3.63, 3.8) is 0 Å². The zero-order valence-corrected chi connectivity index (χ0v) is 20.7. The third-order valence-corrected chi connectivity index (χ3v) is 7.76. The van der Waals surface area contributed by atoms with Crippen molar-refractivity contribution in [2.24, 2.45) is 5.41 Å². The van der Waals surface area contributed by atoms with Crippen LogP contribution in [0.15, 0.2) is 18.2 Å². The molecule has 1 atom stereocenters. The third-order valence-electron chi connectivity index (χ3n) is 7.53. The lowest BCUT2D eigenvalue weighted by Gasteiger charge is -2.43. The molecule has 3 heterocycles. The SMILES string of the molecule is O=C(OC(C(F)(F)F)C(F)(F)F)N1CCN(Cc2ccc(Cl)cc2N2CCC3(CCNC3O)CC2)CC1. The summed E-state index contributed by atoms with van der Waals surface area (Å²) in [4.78, 5) is 17.1. The first kappa shape index (κ1) is 28.1. The molecule has 0 radical (unpaired) electrons. The van der Waals surface area contributed by atoms with Gasteiger partial charge in [-0.15, -0.1) is 0 Å². The van der Waals surface area contributed by atoms with E-state index in [1.807, 2.05) is 17.0 Å². The van der Waals surface area contributed by atoms with Gasteiger partial charge < -0.3 is 19.6 Å². The number of hydrogen-bond acceptors (Lipinski definition) is 6. The van der Waals surface area contributed by atoms with Gasteiger partial charge in [0.2, 0.25) is 0 Å². The van der Waals surface area contributed by atoms with Crippen LogP contribution in [0.25, 0.3) is 0 Å². The number of carbonyl (C=O) groups excluding carboxylic acids is 1. The zero-order chi connectivity index (χ0) is 27.0. The lowest BCUT2D eigenvalue weighted by molar-refractivity contribution is -0.308. The second kappa shape index (κ2) is 10.7. The molecule has 4 rings (SSSR count). The van der Waals surface area contributed by atoms with E-state index in [0.29, 0.717) is 11.6 Å². The summed E-state index contributed by atoms with van der Waals surface area (Å²) in [5, 5.41) is 14.0. The molecular weight excluding hydrogens is 530 g/mol. The molecule has 0 aromatic heterocycles. The normalized spacial score (nSPS) is 23.2. The number of hydrogen-bond donors (Lipinski definition) is 2. The standard InChI is InChI=1S/C23H29ClF6N4O3/c24-16-2-1-15(17(13-16)33-7-4-21(5-8-33)3-6-31-19(21)35)14-32-9-11-34(12-10-32)20(36)37-18(22(25,26)27)23(28,29)30/h1-2,13,18-19,31,35H,3-12,14H2. The number of aliphatic hydroxyl groups is 1. The highest BCUT2D eigenvalue weighted by molar-refractivity contribution is 6.30. The van der Waals surface area contributed by atoms with Gasteiger partial charge in [-0.3, -0.25) is 10.2 Å². The largest absolute Gasteiger partial charge is 0.434 e. The Labute approximate surface area is 215 Å². The highest BCUT2D eigenvalue weighted by atomic mass is 35.5. The Morgan fingerprint density at radius 2 is 1.68 bits per heavy atom. The Morgan fingerprint density at radius 1 is 1.05 bits per heavy atom. The second-order valence-electron chi connectivity index (χ2n) is 9.84. The van der Waals surface area contributed by atoms with E-state index in [-0.39, 0.29) is 31.6 Å². The summed E-state index contributed by atoms with van der Waals surface area (Å²) in [5.74, 6) is 0. The Bertz CT molecular complexity index is 949. The van der Waals surface area contributed by atoms with Gasteiger partial charge in [-0.05, 0) is 43.5 Å². The van der Waals surface area contributed by atoms with E-state index in [2.05, 4.69) is 15.0 Å². The number of ether oxygens (including phenoxy) is 1. The number of halogens is 7. The molecule has 0 aliphatic carbocycles. The fourth-order valence-corrected chi connectivity index (χ4v) is 5.48. The van der Waals surface area contributed by atoms with Gasteiger partial charge in [0.05, 0.1) is 0 Å². The van der Waals surface area contributed by atoms with E-state index in [1.165, 1.54) is 0 Å². The lowest BCUT2D eigenvalue weighted by Crippen LogP contribution is -2.52. The van der Waals surface area contributed by atoms with Crippen LogP contribution in [-0.4, -0.2) is 91.5 Å². The summed E-state index contributed by atoms with van der Waals surface area (Å²) in [7, 11) is 0. The van der Waals surface area contributed by atoms with Crippen molar-refractivity contribution >= 4 is 23.4 Å². The van der Waals surface area contributed by atoms with E-state index in [1.54, 1.807) is 6.07 Å². The first-order valence-electron chi connectivity index (χ1n) is 12.0. The molecule has 208 valence electrons. The van der Waals surface area contributed by atoms with Crippen LogP contribution in [0.5, 0.6) is 0 Å². The molecular formula is C23H29ClF6N4O3. The zero-order valence-electron chi connectivity index (χ0n) is 19.9.